The molecule has 0 aromatic heterocycles. The predicted octanol–water partition coefficient (Wildman–Crippen LogP) is 1.66. The second-order valence-corrected chi connectivity index (χ2v) is 6.44. The Morgan fingerprint density at radius 1 is 1.24 bits per heavy atom. The van der Waals surface area contributed by atoms with E-state index in [1.807, 2.05) is 0 Å². The number of hydrogen-bond donors (Lipinski definition) is 1. The van der Waals surface area contributed by atoms with Gasteiger partial charge in [-0.2, -0.15) is 0 Å². The number of morpholine rings is 1. The molecule has 5 nitrogen and oxygen atoms in total. The Labute approximate surface area is 145 Å². The first-order valence-electron chi connectivity index (χ1n) is 8.16. The van der Waals surface area contributed by atoms with Crippen LogP contribution in [0.3, 0.4) is 0 Å². The number of guanidine groups is 1. The number of nitrogens with two attached hydrogens (primary N) is 1. The topological polar surface area (TPSA) is 54.1 Å². The maximum atomic E-state index is 6.17. The number of rotatable bonds is 3. The van der Waals surface area contributed by atoms with Crippen LogP contribution >= 0.6 is 24.0 Å². The molecule has 1 saturated carbocycles. The van der Waals surface area contributed by atoms with Crippen molar-refractivity contribution >= 4 is 29.9 Å². The summed E-state index contributed by atoms with van der Waals surface area (Å²) in [7, 11) is 0. The molecule has 21 heavy (non-hydrogen) atoms. The summed E-state index contributed by atoms with van der Waals surface area (Å²) in [6.07, 6.45) is 7.01. The van der Waals surface area contributed by atoms with Crippen LogP contribution < -0.4 is 5.73 Å². The van der Waals surface area contributed by atoms with Crippen LogP contribution in [0.15, 0.2) is 4.99 Å². The molecule has 0 aromatic carbocycles. The Bertz CT molecular complexity index is 362. The lowest BCUT2D eigenvalue weighted by atomic mass is 10.0. The lowest BCUT2D eigenvalue weighted by Gasteiger charge is -2.36. The molecule has 2 saturated heterocycles. The van der Waals surface area contributed by atoms with Gasteiger partial charge in [0.2, 0.25) is 0 Å². The minimum absolute atomic E-state index is 0. The van der Waals surface area contributed by atoms with Crippen LogP contribution in [0.25, 0.3) is 0 Å². The summed E-state index contributed by atoms with van der Waals surface area (Å²) >= 11 is 0. The van der Waals surface area contributed by atoms with Crippen molar-refractivity contribution in [2.45, 2.75) is 57.2 Å². The second kappa shape index (κ2) is 7.97. The summed E-state index contributed by atoms with van der Waals surface area (Å²) in [5.41, 5.74) is 6.17. The molecular weight excluding hydrogens is 379 g/mol. The average molecular weight is 408 g/mol. The minimum Gasteiger partial charge on any atom is -0.375 e. The summed E-state index contributed by atoms with van der Waals surface area (Å²) in [6, 6.07) is 1.47. The van der Waals surface area contributed by atoms with Crippen LogP contribution in [0.2, 0.25) is 0 Å². The van der Waals surface area contributed by atoms with E-state index in [4.69, 9.17) is 10.5 Å². The van der Waals surface area contributed by atoms with Gasteiger partial charge in [0.15, 0.2) is 5.96 Å². The summed E-state index contributed by atoms with van der Waals surface area (Å²) in [5, 5.41) is 0. The monoisotopic (exact) mass is 408 g/mol. The van der Waals surface area contributed by atoms with Crippen molar-refractivity contribution < 1.29 is 4.74 Å². The Morgan fingerprint density at radius 2 is 2.05 bits per heavy atom. The zero-order valence-corrected chi connectivity index (χ0v) is 15.4. The lowest BCUT2D eigenvalue weighted by Crippen LogP contribution is -2.49. The number of aliphatic imine (C=N–C) groups is 1. The largest absolute Gasteiger partial charge is 0.375 e. The standard InChI is InChI=1S/C15H28N4O.HI/c1-12-11-18(8-9-20-12)15(16)17-10-14-4-2-3-7-19(14)13-5-6-13;/h12-14H,2-11H2,1H3,(H2,16,17);1H. The highest BCUT2D eigenvalue weighted by Crippen LogP contribution is 2.32. The maximum absolute atomic E-state index is 6.17. The van der Waals surface area contributed by atoms with Gasteiger partial charge in [0.05, 0.1) is 19.3 Å². The maximum Gasteiger partial charge on any atom is 0.191 e. The van der Waals surface area contributed by atoms with E-state index in [1.54, 1.807) is 0 Å². The van der Waals surface area contributed by atoms with Crippen LogP contribution in [0.4, 0.5) is 0 Å². The summed E-state index contributed by atoms with van der Waals surface area (Å²) in [4.78, 5) is 9.54. The molecule has 3 rings (SSSR count). The van der Waals surface area contributed by atoms with Gasteiger partial charge >= 0.3 is 0 Å². The van der Waals surface area contributed by atoms with Gasteiger partial charge in [0.25, 0.3) is 0 Å². The van der Waals surface area contributed by atoms with E-state index in [9.17, 15) is 0 Å². The molecule has 3 fully saturated rings. The van der Waals surface area contributed by atoms with E-state index in [2.05, 4.69) is 21.7 Å². The van der Waals surface area contributed by atoms with E-state index in [0.717, 1.165) is 32.3 Å². The molecule has 0 amide bonds. The highest BCUT2D eigenvalue weighted by atomic mass is 127. The molecule has 2 N–H and O–H groups in total. The van der Waals surface area contributed by atoms with Gasteiger partial charge in [-0.05, 0) is 39.2 Å². The van der Waals surface area contributed by atoms with Crippen LogP contribution in [-0.4, -0.2) is 66.7 Å². The minimum atomic E-state index is 0. The number of likely N-dealkylation sites (tertiary alicyclic amines) is 1. The Kier molecular flexibility index (Phi) is 6.55. The van der Waals surface area contributed by atoms with Crippen molar-refractivity contribution in [2.24, 2.45) is 10.7 Å². The van der Waals surface area contributed by atoms with Crippen LogP contribution in [0.1, 0.15) is 39.0 Å². The van der Waals surface area contributed by atoms with Crippen LogP contribution in [0.5, 0.6) is 0 Å². The molecule has 2 unspecified atom stereocenters. The van der Waals surface area contributed by atoms with Gasteiger partial charge in [0, 0.05) is 25.2 Å². The third-order valence-corrected chi connectivity index (χ3v) is 4.72. The molecule has 0 aromatic rings. The van der Waals surface area contributed by atoms with Crippen LogP contribution in [0, 0.1) is 0 Å². The Balaban J connectivity index is 0.00000161. The van der Waals surface area contributed by atoms with Crippen molar-refractivity contribution in [1.29, 1.82) is 0 Å². The first-order valence-corrected chi connectivity index (χ1v) is 8.16. The fourth-order valence-corrected chi connectivity index (χ4v) is 3.43. The second-order valence-electron chi connectivity index (χ2n) is 6.44. The molecule has 1 aliphatic carbocycles. The zero-order chi connectivity index (χ0) is 13.9. The van der Waals surface area contributed by atoms with Gasteiger partial charge < -0.3 is 15.4 Å². The first kappa shape index (κ1) is 17.3. The van der Waals surface area contributed by atoms with Crippen molar-refractivity contribution in [3.63, 3.8) is 0 Å². The Morgan fingerprint density at radius 3 is 2.76 bits per heavy atom. The normalized spacial score (nSPS) is 31.9. The van der Waals surface area contributed by atoms with E-state index in [0.29, 0.717) is 12.0 Å². The quantitative estimate of drug-likeness (QED) is 0.439. The number of halogens is 1. The molecule has 2 aliphatic heterocycles. The van der Waals surface area contributed by atoms with E-state index < -0.39 is 0 Å². The molecular formula is C15H29IN4O. The summed E-state index contributed by atoms with van der Waals surface area (Å²) < 4.78 is 5.55. The predicted molar refractivity (Wildman–Crippen MR) is 96.3 cm³/mol. The fourth-order valence-electron chi connectivity index (χ4n) is 3.43. The van der Waals surface area contributed by atoms with Crippen LogP contribution in [-0.2, 0) is 4.74 Å². The number of piperidine rings is 1. The fraction of sp³-hybridized carbons (Fsp3) is 0.933. The van der Waals surface area contributed by atoms with Crippen molar-refractivity contribution in [3.05, 3.63) is 0 Å². The van der Waals surface area contributed by atoms with Gasteiger partial charge in [0.1, 0.15) is 0 Å². The van der Waals surface area contributed by atoms with E-state index in [1.165, 1.54) is 38.6 Å². The first-order chi connectivity index (χ1) is 9.74. The molecule has 2 heterocycles. The smallest absolute Gasteiger partial charge is 0.191 e. The molecule has 0 bridgehead atoms. The van der Waals surface area contributed by atoms with Gasteiger partial charge in [-0.15, -0.1) is 24.0 Å². The van der Waals surface area contributed by atoms with E-state index >= 15 is 0 Å². The van der Waals surface area contributed by atoms with Crippen molar-refractivity contribution in [3.8, 4) is 0 Å². The van der Waals surface area contributed by atoms with Crippen molar-refractivity contribution in [2.75, 3.05) is 32.8 Å². The van der Waals surface area contributed by atoms with E-state index in [-0.39, 0.29) is 30.1 Å². The van der Waals surface area contributed by atoms with Gasteiger partial charge in [-0.25, -0.2) is 0 Å². The molecule has 0 spiro atoms. The SMILES string of the molecule is CC1CN(C(N)=NCC2CCCCN2C2CC2)CCO1.I. The summed E-state index contributed by atoms with van der Waals surface area (Å²) in [6.45, 7) is 6.72. The van der Waals surface area contributed by atoms with Crippen molar-refractivity contribution in [1.82, 2.24) is 9.80 Å². The van der Waals surface area contributed by atoms with Gasteiger partial charge in [-0.3, -0.25) is 9.89 Å². The van der Waals surface area contributed by atoms with Gasteiger partial charge in [-0.1, -0.05) is 6.42 Å². The highest BCUT2D eigenvalue weighted by Gasteiger charge is 2.35. The molecule has 2 atom stereocenters. The zero-order valence-electron chi connectivity index (χ0n) is 13.0. The number of nitrogens with zero attached hydrogens (tertiary/aromatic N) is 3. The molecule has 3 aliphatic rings. The molecule has 122 valence electrons. The average Bonchev–Trinajstić information content (AvgIpc) is 3.29. The Hall–Kier alpha value is -0.0800. The third-order valence-electron chi connectivity index (χ3n) is 4.72. The summed E-state index contributed by atoms with van der Waals surface area (Å²) in [5.74, 6) is 0.710. The third kappa shape index (κ3) is 4.69. The number of ether oxygens (including phenoxy) is 1. The molecule has 6 heteroatoms. The molecule has 0 radical (unpaired) electrons. The lowest BCUT2D eigenvalue weighted by molar-refractivity contribution is 0.00522. The highest BCUT2D eigenvalue weighted by molar-refractivity contribution is 14.0. The number of hydrogen-bond acceptors (Lipinski definition) is 3.